The molecule has 3 N–H and O–H groups in total. The quantitative estimate of drug-likeness (QED) is 0.106. The number of nitrogens with one attached hydrogen (secondary N) is 1. The van der Waals surface area contributed by atoms with E-state index in [1.54, 1.807) is 43.1 Å². The number of nitrogen functional groups attached to an aromatic ring is 1. The van der Waals surface area contributed by atoms with E-state index < -0.39 is 13.4 Å². The molecule has 0 spiro atoms. The fourth-order valence-corrected chi connectivity index (χ4v) is 4.74. The van der Waals surface area contributed by atoms with Crippen LogP contribution in [0.4, 0.5) is 11.6 Å². The van der Waals surface area contributed by atoms with Crippen LogP contribution in [0.2, 0.25) is 0 Å². The summed E-state index contributed by atoms with van der Waals surface area (Å²) < 4.78 is 57.4. The minimum Gasteiger partial charge on any atom is -0.454 e. The number of phosphoric ester groups is 1. The van der Waals surface area contributed by atoms with Gasteiger partial charge in [0.1, 0.15) is 18.2 Å². The number of anilines is 1. The number of aromatic amines is 1. The molecule has 0 saturated heterocycles. The number of benzene rings is 2. The van der Waals surface area contributed by atoms with Crippen LogP contribution in [0.5, 0.6) is 34.5 Å². The standard InChI is InChI=1S/C24H26N5O10P/c1-15-22(23(30)28-24(25)27-15)26-11-29(2)12-32-7-8-37-40(31,38-16-3-5-18-20(9-16)35-13-33-18)39-17-4-6-19-21(10-17)36-14-34-19/h3-6,9-11H,7-8,12-14H2,1-2H3,(H3,25,27,28,30). The molecule has 0 bridgehead atoms. The summed E-state index contributed by atoms with van der Waals surface area (Å²) in [5, 5.41) is 0. The second-order valence-corrected chi connectivity index (χ2v) is 9.94. The molecular weight excluding hydrogens is 549 g/mol. The fraction of sp³-hybridized carbons (Fsp3) is 0.292. The van der Waals surface area contributed by atoms with Gasteiger partial charge in [-0.2, -0.15) is 0 Å². The number of H-pyrrole nitrogens is 1. The molecule has 16 heteroatoms. The summed E-state index contributed by atoms with van der Waals surface area (Å²) in [5.74, 6) is 2.33. The van der Waals surface area contributed by atoms with E-state index in [0.29, 0.717) is 28.7 Å². The number of hydrogen-bond donors (Lipinski definition) is 2. The first-order chi connectivity index (χ1) is 19.3. The lowest BCUT2D eigenvalue weighted by molar-refractivity contribution is 0.0498. The summed E-state index contributed by atoms with van der Waals surface area (Å²) in [6.45, 7) is 1.75. The number of fused-ring (bicyclic) bond motifs is 2. The number of aliphatic imine (C=N–C) groups is 1. The van der Waals surface area contributed by atoms with Crippen molar-refractivity contribution < 1.29 is 41.8 Å². The van der Waals surface area contributed by atoms with Crippen molar-refractivity contribution in [2.75, 3.05) is 46.3 Å². The van der Waals surface area contributed by atoms with Crippen molar-refractivity contribution in [1.29, 1.82) is 0 Å². The number of nitrogens with two attached hydrogens (primary N) is 1. The second kappa shape index (κ2) is 11.7. The molecule has 0 radical (unpaired) electrons. The van der Waals surface area contributed by atoms with Crippen LogP contribution >= 0.6 is 7.82 Å². The summed E-state index contributed by atoms with van der Waals surface area (Å²) in [4.78, 5) is 24.1. The number of phosphoric acid groups is 1. The van der Waals surface area contributed by atoms with Gasteiger partial charge in [0.15, 0.2) is 28.7 Å². The van der Waals surface area contributed by atoms with Crippen LogP contribution in [-0.2, 0) is 13.8 Å². The molecule has 1 aromatic heterocycles. The molecule has 2 aromatic carbocycles. The second-order valence-electron chi connectivity index (χ2n) is 8.42. The third-order valence-electron chi connectivity index (χ3n) is 5.37. The lowest BCUT2D eigenvalue weighted by Crippen LogP contribution is -2.22. The fourth-order valence-electron chi connectivity index (χ4n) is 3.56. The highest BCUT2D eigenvalue weighted by atomic mass is 31.2. The van der Waals surface area contributed by atoms with E-state index in [4.69, 9.17) is 43.0 Å². The minimum absolute atomic E-state index is 0.0143. The molecule has 3 aromatic rings. The largest absolute Gasteiger partial charge is 0.587 e. The number of rotatable bonds is 12. The van der Waals surface area contributed by atoms with Gasteiger partial charge in [0.05, 0.1) is 25.2 Å². The Morgan fingerprint density at radius 3 is 2.23 bits per heavy atom. The average molecular weight is 575 g/mol. The molecule has 3 heterocycles. The van der Waals surface area contributed by atoms with Crippen molar-refractivity contribution in [1.82, 2.24) is 14.9 Å². The number of ether oxygens (including phenoxy) is 5. The molecule has 5 rings (SSSR count). The van der Waals surface area contributed by atoms with Crippen LogP contribution in [0, 0.1) is 6.92 Å². The highest BCUT2D eigenvalue weighted by Crippen LogP contribution is 2.52. The smallest absolute Gasteiger partial charge is 0.454 e. The monoisotopic (exact) mass is 575 g/mol. The first kappa shape index (κ1) is 27.1. The lowest BCUT2D eigenvalue weighted by atomic mass is 10.3. The molecule has 2 aliphatic rings. The van der Waals surface area contributed by atoms with E-state index in [0.717, 1.165) is 0 Å². The first-order valence-corrected chi connectivity index (χ1v) is 13.4. The number of hydrogen-bond acceptors (Lipinski definition) is 13. The van der Waals surface area contributed by atoms with Gasteiger partial charge in [-0.1, -0.05) is 0 Å². The Labute approximate surface area is 228 Å². The van der Waals surface area contributed by atoms with Crippen molar-refractivity contribution in [3.8, 4) is 34.5 Å². The number of aryl methyl sites for hydroxylation is 1. The van der Waals surface area contributed by atoms with Crippen molar-refractivity contribution >= 4 is 25.8 Å². The molecular formula is C24H26N5O10P. The Hall–Kier alpha value is -4.46. The van der Waals surface area contributed by atoms with E-state index >= 15 is 0 Å². The van der Waals surface area contributed by atoms with Crippen LogP contribution in [-0.4, -0.2) is 61.8 Å². The highest BCUT2D eigenvalue weighted by Gasteiger charge is 2.32. The van der Waals surface area contributed by atoms with Gasteiger partial charge in [0.2, 0.25) is 19.5 Å². The highest BCUT2D eigenvalue weighted by molar-refractivity contribution is 7.49. The van der Waals surface area contributed by atoms with Gasteiger partial charge in [-0.25, -0.2) is 14.5 Å². The van der Waals surface area contributed by atoms with Gasteiger partial charge in [-0.15, -0.1) is 0 Å². The van der Waals surface area contributed by atoms with Crippen molar-refractivity contribution in [2.24, 2.45) is 4.99 Å². The molecule has 40 heavy (non-hydrogen) atoms. The average Bonchev–Trinajstić information content (AvgIpc) is 3.56. The summed E-state index contributed by atoms with van der Waals surface area (Å²) >= 11 is 0. The van der Waals surface area contributed by atoms with Crippen molar-refractivity contribution in [2.45, 2.75) is 6.92 Å². The molecule has 0 saturated carbocycles. The van der Waals surface area contributed by atoms with Crippen LogP contribution in [0.25, 0.3) is 0 Å². The molecule has 15 nitrogen and oxygen atoms in total. The molecule has 0 aliphatic carbocycles. The topological polar surface area (TPSA) is 178 Å². The van der Waals surface area contributed by atoms with Gasteiger partial charge >= 0.3 is 7.82 Å². The maximum absolute atomic E-state index is 13.7. The molecule has 2 aliphatic heterocycles. The Morgan fingerprint density at radius 2 is 1.62 bits per heavy atom. The predicted molar refractivity (Wildman–Crippen MR) is 141 cm³/mol. The van der Waals surface area contributed by atoms with Crippen molar-refractivity contribution in [3.05, 3.63) is 52.4 Å². The van der Waals surface area contributed by atoms with Gasteiger partial charge < -0.3 is 43.4 Å². The Morgan fingerprint density at radius 1 is 1.02 bits per heavy atom. The van der Waals surface area contributed by atoms with E-state index in [9.17, 15) is 9.36 Å². The molecule has 0 atom stereocenters. The predicted octanol–water partition coefficient (Wildman–Crippen LogP) is 2.97. The van der Waals surface area contributed by atoms with Gasteiger partial charge in [0.25, 0.3) is 5.56 Å². The number of nitrogens with zero attached hydrogens (tertiary/aromatic N) is 3. The minimum atomic E-state index is -4.21. The lowest BCUT2D eigenvalue weighted by Gasteiger charge is -2.20. The maximum Gasteiger partial charge on any atom is 0.587 e. The summed E-state index contributed by atoms with van der Waals surface area (Å²) in [5.41, 5.74) is 5.59. The van der Waals surface area contributed by atoms with E-state index in [2.05, 4.69) is 15.0 Å². The Bertz CT molecular complexity index is 1450. The zero-order chi connectivity index (χ0) is 28.1. The number of aromatic nitrogens is 2. The molecule has 212 valence electrons. The van der Waals surface area contributed by atoms with Gasteiger partial charge in [-0.05, 0) is 31.2 Å². The van der Waals surface area contributed by atoms with Crippen LogP contribution in [0.3, 0.4) is 0 Å². The van der Waals surface area contributed by atoms with E-state index in [1.165, 1.54) is 18.5 Å². The Kier molecular flexibility index (Phi) is 7.96. The SMILES string of the molecule is Cc1nc(N)[nH]c(=O)c1N=CN(C)COCCOP(=O)(Oc1ccc2c(c1)OCO2)Oc1ccc2c(c1)OCO2. The van der Waals surface area contributed by atoms with E-state index in [1.807, 2.05) is 0 Å². The van der Waals surface area contributed by atoms with Crippen LogP contribution < -0.4 is 39.3 Å². The summed E-state index contributed by atoms with van der Waals surface area (Å²) in [6.07, 6.45) is 1.41. The third kappa shape index (κ3) is 6.57. The zero-order valence-electron chi connectivity index (χ0n) is 21.5. The molecule has 0 unspecified atom stereocenters. The maximum atomic E-state index is 13.7. The summed E-state index contributed by atoms with van der Waals surface area (Å²) in [6, 6.07) is 9.41. The van der Waals surface area contributed by atoms with Crippen LogP contribution in [0.15, 0.2) is 46.2 Å². The molecule has 0 fully saturated rings. The normalized spacial score (nSPS) is 13.6. The van der Waals surface area contributed by atoms with Crippen LogP contribution in [0.1, 0.15) is 5.69 Å². The molecule has 0 amide bonds. The van der Waals surface area contributed by atoms with Gasteiger partial charge in [-0.3, -0.25) is 14.3 Å². The van der Waals surface area contributed by atoms with E-state index in [-0.39, 0.29) is 56.7 Å². The zero-order valence-corrected chi connectivity index (χ0v) is 22.4. The van der Waals surface area contributed by atoms with Gasteiger partial charge in [0, 0.05) is 19.2 Å². The van der Waals surface area contributed by atoms with Crippen molar-refractivity contribution in [3.63, 3.8) is 0 Å². The summed E-state index contributed by atoms with van der Waals surface area (Å²) in [7, 11) is -2.52. The first-order valence-electron chi connectivity index (χ1n) is 11.9. The Balaban J connectivity index is 1.18. The third-order valence-corrected chi connectivity index (χ3v) is 6.73.